The van der Waals surface area contributed by atoms with E-state index < -0.39 is 24.5 Å². The van der Waals surface area contributed by atoms with Gasteiger partial charge >= 0.3 is 0 Å². The Labute approximate surface area is 102 Å². The number of aliphatic hydroxyl groups excluding tert-OH is 3. The lowest BCUT2D eigenvalue weighted by atomic mass is 10.1. The molecular formula is C11H13N3O4. The highest BCUT2D eigenvalue weighted by atomic mass is 16.6. The standard InChI is InChI=1S/C11H13N3O4/c15-4-7-8(16)9(17)11(18-7)14-5-13-6-2-1-3-12-10(6)14/h1-3,5,7-9,11,15-17H,4H2/t7-,8-,9+,11-/m0/s1. The molecule has 1 aliphatic rings. The first kappa shape index (κ1) is 11.5. The molecule has 0 aliphatic carbocycles. The molecule has 4 atom stereocenters. The molecule has 1 aliphatic heterocycles. The third-order valence-corrected chi connectivity index (χ3v) is 3.12. The van der Waals surface area contributed by atoms with Crippen LogP contribution in [0.15, 0.2) is 24.7 Å². The van der Waals surface area contributed by atoms with E-state index in [9.17, 15) is 10.2 Å². The summed E-state index contributed by atoms with van der Waals surface area (Å²) in [4.78, 5) is 8.30. The molecule has 3 heterocycles. The van der Waals surface area contributed by atoms with E-state index in [0.717, 1.165) is 0 Å². The number of ether oxygens (including phenoxy) is 1. The number of aliphatic hydroxyl groups is 3. The predicted molar refractivity (Wildman–Crippen MR) is 60.5 cm³/mol. The van der Waals surface area contributed by atoms with E-state index in [4.69, 9.17) is 9.84 Å². The van der Waals surface area contributed by atoms with Gasteiger partial charge in [-0.1, -0.05) is 0 Å². The molecule has 0 amide bonds. The molecule has 0 radical (unpaired) electrons. The van der Waals surface area contributed by atoms with Gasteiger partial charge in [0.15, 0.2) is 11.9 Å². The molecule has 0 unspecified atom stereocenters. The van der Waals surface area contributed by atoms with Gasteiger partial charge in [-0.15, -0.1) is 0 Å². The quantitative estimate of drug-likeness (QED) is 0.635. The van der Waals surface area contributed by atoms with Gasteiger partial charge in [-0.25, -0.2) is 9.97 Å². The highest BCUT2D eigenvalue weighted by Gasteiger charge is 2.43. The smallest absolute Gasteiger partial charge is 0.165 e. The summed E-state index contributed by atoms with van der Waals surface area (Å²) in [6.07, 6.45) is -0.731. The SMILES string of the molecule is OC[C@@H]1O[C@H](n2cnc3cccnc32)[C@H](O)[C@H]1O. The number of fused-ring (bicyclic) bond motifs is 1. The van der Waals surface area contributed by atoms with Crippen LogP contribution < -0.4 is 0 Å². The zero-order valence-electron chi connectivity index (χ0n) is 9.42. The molecular weight excluding hydrogens is 238 g/mol. The first-order chi connectivity index (χ1) is 8.72. The number of rotatable bonds is 2. The van der Waals surface area contributed by atoms with Crippen LogP contribution in [0.1, 0.15) is 6.23 Å². The summed E-state index contributed by atoms with van der Waals surface area (Å²) >= 11 is 0. The number of hydrogen-bond acceptors (Lipinski definition) is 6. The van der Waals surface area contributed by atoms with Crippen LogP contribution in [-0.2, 0) is 4.74 Å². The molecule has 3 N–H and O–H groups in total. The fraction of sp³-hybridized carbons (Fsp3) is 0.455. The van der Waals surface area contributed by atoms with Crippen LogP contribution in [0.5, 0.6) is 0 Å². The fourth-order valence-corrected chi connectivity index (χ4v) is 2.16. The molecule has 0 spiro atoms. The second-order valence-electron chi connectivity index (χ2n) is 4.23. The third-order valence-electron chi connectivity index (χ3n) is 3.12. The zero-order valence-corrected chi connectivity index (χ0v) is 9.42. The number of imidazole rings is 1. The van der Waals surface area contributed by atoms with Crippen molar-refractivity contribution in [3.63, 3.8) is 0 Å². The van der Waals surface area contributed by atoms with Gasteiger partial charge in [0.2, 0.25) is 0 Å². The van der Waals surface area contributed by atoms with Crippen molar-refractivity contribution in [3.8, 4) is 0 Å². The lowest BCUT2D eigenvalue weighted by Crippen LogP contribution is -2.33. The highest BCUT2D eigenvalue weighted by molar-refractivity contribution is 5.70. The average molecular weight is 251 g/mol. The van der Waals surface area contributed by atoms with Crippen LogP contribution in [0, 0.1) is 0 Å². The lowest BCUT2D eigenvalue weighted by Gasteiger charge is -2.16. The highest BCUT2D eigenvalue weighted by Crippen LogP contribution is 2.30. The lowest BCUT2D eigenvalue weighted by molar-refractivity contribution is -0.0511. The third kappa shape index (κ3) is 1.60. The Hall–Kier alpha value is -1.54. The van der Waals surface area contributed by atoms with E-state index in [0.29, 0.717) is 11.2 Å². The van der Waals surface area contributed by atoms with Crippen molar-refractivity contribution in [3.05, 3.63) is 24.7 Å². The molecule has 0 aromatic carbocycles. The first-order valence-electron chi connectivity index (χ1n) is 5.62. The molecule has 0 bridgehead atoms. The molecule has 3 rings (SSSR count). The Balaban J connectivity index is 2.00. The number of nitrogens with zero attached hydrogens (tertiary/aromatic N) is 3. The van der Waals surface area contributed by atoms with Gasteiger partial charge < -0.3 is 20.1 Å². The summed E-state index contributed by atoms with van der Waals surface area (Å²) in [6, 6.07) is 3.55. The van der Waals surface area contributed by atoms with Crippen LogP contribution in [0.2, 0.25) is 0 Å². The number of pyridine rings is 1. The molecule has 18 heavy (non-hydrogen) atoms. The number of hydrogen-bond donors (Lipinski definition) is 3. The van der Waals surface area contributed by atoms with Crippen molar-refractivity contribution in [2.45, 2.75) is 24.5 Å². The minimum atomic E-state index is -1.12. The van der Waals surface area contributed by atoms with E-state index in [1.165, 1.54) is 6.33 Å². The van der Waals surface area contributed by atoms with Crippen molar-refractivity contribution in [2.75, 3.05) is 6.61 Å². The molecule has 7 heteroatoms. The molecule has 1 saturated heterocycles. The number of aromatic nitrogens is 3. The maximum Gasteiger partial charge on any atom is 0.165 e. The van der Waals surface area contributed by atoms with Crippen LogP contribution in [0.25, 0.3) is 11.2 Å². The van der Waals surface area contributed by atoms with Crippen molar-refractivity contribution in [1.82, 2.24) is 14.5 Å². The van der Waals surface area contributed by atoms with E-state index in [2.05, 4.69) is 9.97 Å². The molecule has 96 valence electrons. The Bertz CT molecular complexity index is 558. The van der Waals surface area contributed by atoms with E-state index >= 15 is 0 Å². The Morgan fingerprint density at radius 2 is 2.11 bits per heavy atom. The van der Waals surface area contributed by atoms with Gasteiger partial charge in [0.25, 0.3) is 0 Å². The van der Waals surface area contributed by atoms with E-state index in [1.54, 1.807) is 22.9 Å². The van der Waals surface area contributed by atoms with Crippen molar-refractivity contribution in [1.29, 1.82) is 0 Å². The maximum absolute atomic E-state index is 9.93. The Morgan fingerprint density at radius 3 is 2.83 bits per heavy atom. The summed E-state index contributed by atoms with van der Waals surface area (Å²) in [6.45, 7) is -0.352. The molecule has 1 fully saturated rings. The summed E-state index contributed by atoms with van der Waals surface area (Å²) in [5.74, 6) is 0. The molecule has 2 aromatic rings. The molecule has 7 nitrogen and oxygen atoms in total. The van der Waals surface area contributed by atoms with Crippen LogP contribution in [0.3, 0.4) is 0 Å². The minimum absolute atomic E-state index is 0.352. The average Bonchev–Trinajstić information content (AvgIpc) is 2.93. The summed E-state index contributed by atoms with van der Waals surface area (Å²) in [7, 11) is 0. The largest absolute Gasteiger partial charge is 0.394 e. The van der Waals surface area contributed by atoms with Gasteiger partial charge in [-0.05, 0) is 12.1 Å². The predicted octanol–water partition coefficient (Wildman–Crippen LogP) is -0.957. The maximum atomic E-state index is 9.93. The van der Waals surface area contributed by atoms with Crippen LogP contribution in [0.4, 0.5) is 0 Å². The van der Waals surface area contributed by atoms with Crippen molar-refractivity contribution in [2.24, 2.45) is 0 Å². The Kier molecular flexibility index (Phi) is 2.75. The van der Waals surface area contributed by atoms with Gasteiger partial charge in [-0.3, -0.25) is 4.57 Å². The van der Waals surface area contributed by atoms with E-state index in [1.807, 2.05) is 0 Å². The topological polar surface area (TPSA) is 101 Å². The van der Waals surface area contributed by atoms with Gasteiger partial charge in [0.1, 0.15) is 23.8 Å². The summed E-state index contributed by atoms with van der Waals surface area (Å²) in [5, 5.41) is 28.7. The summed E-state index contributed by atoms with van der Waals surface area (Å²) < 4.78 is 6.98. The van der Waals surface area contributed by atoms with Gasteiger partial charge in [-0.2, -0.15) is 0 Å². The Morgan fingerprint density at radius 1 is 1.28 bits per heavy atom. The summed E-state index contributed by atoms with van der Waals surface area (Å²) in [5.41, 5.74) is 1.24. The van der Waals surface area contributed by atoms with Crippen molar-refractivity contribution >= 4 is 11.2 Å². The second-order valence-corrected chi connectivity index (χ2v) is 4.23. The van der Waals surface area contributed by atoms with Crippen LogP contribution >= 0.6 is 0 Å². The minimum Gasteiger partial charge on any atom is -0.394 e. The van der Waals surface area contributed by atoms with E-state index in [-0.39, 0.29) is 6.61 Å². The van der Waals surface area contributed by atoms with Crippen molar-refractivity contribution < 1.29 is 20.1 Å². The zero-order chi connectivity index (χ0) is 12.7. The van der Waals surface area contributed by atoms with Crippen LogP contribution in [-0.4, -0.2) is 54.8 Å². The first-order valence-corrected chi connectivity index (χ1v) is 5.62. The fourth-order valence-electron chi connectivity index (χ4n) is 2.16. The normalized spacial score (nSPS) is 32.2. The molecule has 0 saturated carbocycles. The monoisotopic (exact) mass is 251 g/mol. The molecule has 2 aromatic heterocycles. The van der Waals surface area contributed by atoms with Gasteiger partial charge in [0.05, 0.1) is 12.9 Å². The van der Waals surface area contributed by atoms with Gasteiger partial charge in [0, 0.05) is 6.20 Å². The second kappa shape index (κ2) is 4.29.